The maximum atomic E-state index is 11.8. The quantitative estimate of drug-likeness (QED) is 0.797. The van der Waals surface area contributed by atoms with Crippen LogP contribution in [-0.2, 0) is 11.3 Å². The molecule has 1 atom stereocenters. The number of amides is 1. The fraction of sp³-hybridized carbons (Fsp3) is 0.533. The van der Waals surface area contributed by atoms with Gasteiger partial charge in [0.25, 0.3) is 0 Å². The van der Waals surface area contributed by atoms with E-state index in [1.165, 1.54) is 5.56 Å². The zero-order chi connectivity index (χ0) is 14.8. The third-order valence-electron chi connectivity index (χ3n) is 3.87. The Morgan fingerprint density at radius 3 is 2.67 bits per heavy atom. The molecule has 0 radical (unpaired) electrons. The molecule has 1 fully saturated rings. The summed E-state index contributed by atoms with van der Waals surface area (Å²) < 4.78 is 10.7. The lowest BCUT2D eigenvalue weighted by Crippen LogP contribution is -2.49. The molecule has 0 aromatic heterocycles. The molecule has 0 saturated carbocycles. The monoisotopic (exact) mass is 310 g/mol. The summed E-state index contributed by atoms with van der Waals surface area (Å²) >= 11 is 5.85. The minimum atomic E-state index is -0.439. The van der Waals surface area contributed by atoms with E-state index in [1.54, 1.807) is 6.92 Å². The molecule has 0 spiro atoms. The lowest BCUT2D eigenvalue weighted by atomic mass is 10.1. The molecular weight excluding hydrogens is 292 g/mol. The van der Waals surface area contributed by atoms with Crippen molar-refractivity contribution >= 4 is 17.5 Å². The molecule has 1 unspecified atom stereocenters. The summed E-state index contributed by atoms with van der Waals surface area (Å²) in [5.74, 6) is 1.65. The van der Waals surface area contributed by atoms with Gasteiger partial charge in [-0.05, 0) is 24.6 Å². The van der Waals surface area contributed by atoms with Gasteiger partial charge in [0, 0.05) is 32.7 Å². The number of benzene rings is 1. The van der Waals surface area contributed by atoms with Crippen molar-refractivity contribution in [2.75, 3.05) is 33.0 Å². The van der Waals surface area contributed by atoms with E-state index in [-0.39, 0.29) is 5.91 Å². The molecule has 0 aliphatic carbocycles. The second-order valence-electron chi connectivity index (χ2n) is 5.41. The summed E-state index contributed by atoms with van der Waals surface area (Å²) in [6.07, 6.45) is 0. The molecule has 114 valence electrons. The second kappa shape index (κ2) is 6.12. The second-order valence-corrected chi connectivity index (χ2v) is 6.06. The molecule has 5 nitrogen and oxygen atoms in total. The van der Waals surface area contributed by atoms with Crippen LogP contribution in [0, 0.1) is 0 Å². The number of rotatable bonds is 3. The number of ether oxygens (including phenoxy) is 2. The topological polar surface area (TPSA) is 42.0 Å². The van der Waals surface area contributed by atoms with E-state index in [1.807, 2.05) is 17.0 Å². The summed E-state index contributed by atoms with van der Waals surface area (Å²) in [7, 11) is 0. The molecule has 0 N–H and O–H groups in total. The summed E-state index contributed by atoms with van der Waals surface area (Å²) in [6, 6.07) is 6.04. The largest absolute Gasteiger partial charge is 0.454 e. The number of fused-ring (bicyclic) bond motifs is 1. The number of piperazine rings is 1. The van der Waals surface area contributed by atoms with E-state index in [4.69, 9.17) is 21.1 Å². The molecule has 6 heteroatoms. The van der Waals surface area contributed by atoms with Gasteiger partial charge >= 0.3 is 0 Å². The van der Waals surface area contributed by atoms with Gasteiger partial charge in [-0.3, -0.25) is 9.69 Å². The van der Waals surface area contributed by atoms with Crippen molar-refractivity contribution < 1.29 is 14.3 Å². The van der Waals surface area contributed by atoms with E-state index < -0.39 is 5.38 Å². The van der Waals surface area contributed by atoms with E-state index in [2.05, 4.69) is 11.0 Å². The molecule has 2 aliphatic heterocycles. The highest BCUT2D eigenvalue weighted by molar-refractivity contribution is 6.30. The Morgan fingerprint density at radius 1 is 1.24 bits per heavy atom. The van der Waals surface area contributed by atoms with Crippen LogP contribution < -0.4 is 9.47 Å². The van der Waals surface area contributed by atoms with Crippen LogP contribution in [-0.4, -0.2) is 54.1 Å². The van der Waals surface area contributed by atoms with E-state index >= 15 is 0 Å². The van der Waals surface area contributed by atoms with Gasteiger partial charge in [-0.25, -0.2) is 0 Å². The SMILES string of the molecule is CC(Cl)C(=O)N1CCN(Cc2ccc3c(c2)OCO3)CC1. The average Bonchev–Trinajstić information content (AvgIpc) is 2.95. The van der Waals surface area contributed by atoms with Crippen molar-refractivity contribution in [3.63, 3.8) is 0 Å². The number of halogens is 1. The van der Waals surface area contributed by atoms with Crippen LogP contribution in [0.5, 0.6) is 11.5 Å². The van der Waals surface area contributed by atoms with Crippen LogP contribution in [0.1, 0.15) is 12.5 Å². The van der Waals surface area contributed by atoms with Gasteiger partial charge < -0.3 is 14.4 Å². The van der Waals surface area contributed by atoms with Crippen LogP contribution in [0.3, 0.4) is 0 Å². The highest BCUT2D eigenvalue weighted by Gasteiger charge is 2.24. The lowest BCUT2D eigenvalue weighted by Gasteiger charge is -2.35. The number of hydrogen-bond donors (Lipinski definition) is 0. The minimum Gasteiger partial charge on any atom is -0.454 e. The van der Waals surface area contributed by atoms with E-state index in [9.17, 15) is 4.79 Å². The van der Waals surface area contributed by atoms with Crippen molar-refractivity contribution in [3.8, 4) is 11.5 Å². The number of carbonyl (C=O) groups excluding carboxylic acids is 1. The Balaban J connectivity index is 1.55. The zero-order valence-electron chi connectivity index (χ0n) is 12.0. The van der Waals surface area contributed by atoms with Crippen molar-refractivity contribution in [3.05, 3.63) is 23.8 Å². The summed E-state index contributed by atoms with van der Waals surface area (Å²) in [5.41, 5.74) is 1.20. The van der Waals surface area contributed by atoms with Crippen LogP contribution >= 0.6 is 11.6 Å². The van der Waals surface area contributed by atoms with E-state index in [0.29, 0.717) is 6.79 Å². The summed E-state index contributed by atoms with van der Waals surface area (Å²) in [4.78, 5) is 16.0. The van der Waals surface area contributed by atoms with Gasteiger partial charge in [0.2, 0.25) is 12.7 Å². The fourth-order valence-corrected chi connectivity index (χ4v) is 2.81. The van der Waals surface area contributed by atoms with Crippen LogP contribution in [0.2, 0.25) is 0 Å². The standard InChI is InChI=1S/C15H19ClN2O3/c1-11(16)15(19)18-6-4-17(5-7-18)9-12-2-3-13-14(8-12)21-10-20-13/h2-3,8,11H,4-7,9-10H2,1H3. The van der Waals surface area contributed by atoms with E-state index in [0.717, 1.165) is 44.2 Å². The van der Waals surface area contributed by atoms with Crippen LogP contribution in [0.4, 0.5) is 0 Å². The van der Waals surface area contributed by atoms with Crippen LogP contribution in [0.25, 0.3) is 0 Å². The maximum Gasteiger partial charge on any atom is 0.240 e. The van der Waals surface area contributed by atoms with Crippen LogP contribution in [0.15, 0.2) is 18.2 Å². The van der Waals surface area contributed by atoms with Crippen molar-refractivity contribution in [1.82, 2.24) is 9.80 Å². The predicted molar refractivity (Wildman–Crippen MR) is 79.7 cm³/mol. The van der Waals surface area contributed by atoms with Crippen molar-refractivity contribution in [2.24, 2.45) is 0 Å². The first-order chi connectivity index (χ1) is 10.1. The van der Waals surface area contributed by atoms with Gasteiger partial charge in [0.1, 0.15) is 5.38 Å². The molecule has 1 saturated heterocycles. The molecule has 0 bridgehead atoms. The molecule has 1 aromatic rings. The first-order valence-corrected chi connectivity index (χ1v) is 7.61. The first kappa shape index (κ1) is 14.5. The number of alkyl halides is 1. The predicted octanol–water partition coefficient (Wildman–Crippen LogP) is 1.69. The van der Waals surface area contributed by atoms with Gasteiger partial charge in [0.05, 0.1) is 0 Å². The molecule has 2 aliphatic rings. The number of carbonyl (C=O) groups is 1. The third-order valence-corrected chi connectivity index (χ3v) is 4.05. The Bertz CT molecular complexity index is 528. The molecule has 3 rings (SSSR count). The zero-order valence-corrected chi connectivity index (χ0v) is 12.8. The smallest absolute Gasteiger partial charge is 0.240 e. The average molecular weight is 311 g/mol. The Hall–Kier alpha value is -1.46. The van der Waals surface area contributed by atoms with Gasteiger partial charge in [-0.15, -0.1) is 11.6 Å². The number of hydrogen-bond acceptors (Lipinski definition) is 4. The fourth-order valence-electron chi connectivity index (χ4n) is 2.68. The van der Waals surface area contributed by atoms with Crippen molar-refractivity contribution in [1.29, 1.82) is 0 Å². The van der Waals surface area contributed by atoms with Gasteiger partial charge in [0.15, 0.2) is 11.5 Å². The highest BCUT2D eigenvalue weighted by Crippen LogP contribution is 2.32. The maximum absolute atomic E-state index is 11.8. The Kier molecular flexibility index (Phi) is 4.22. The van der Waals surface area contributed by atoms with Crippen molar-refractivity contribution in [2.45, 2.75) is 18.8 Å². The van der Waals surface area contributed by atoms with Gasteiger partial charge in [-0.2, -0.15) is 0 Å². The third kappa shape index (κ3) is 3.24. The lowest BCUT2D eigenvalue weighted by molar-refractivity contribution is -0.132. The molecular formula is C15H19ClN2O3. The highest BCUT2D eigenvalue weighted by atomic mass is 35.5. The Morgan fingerprint density at radius 2 is 1.95 bits per heavy atom. The summed E-state index contributed by atoms with van der Waals surface area (Å²) in [5, 5.41) is -0.439. The Labute approximate surface area is 129 Å². The molecule has 2 heterocycles. The first-order valence-electron chi connectivity index (χ1n) is 7.17. The minimum absolute atomic E-state index is 0.0272. The number of nitrogens with zero attached hydrogens (tertiary/aromatic N) is 2. The van der Waals surface area contributed by atoms with Gasteiger partial charge in [-0.1, -0.05) is 6.07 Å². The molecule has 1 amide bonds. The molecule has 21 heavy (non-hydrogen) atoms. The molecule has 1 aromatic carbocycles. The normalized spacial score (nSPS) is 19.6. The summed E-state index contributed by atoms with van der Waals surface area (Å²) in [6.45, 7) is 6.09.